The van der Waals surface area contributed by atoms with Crippen molar-refractivity contribution in [3.8, 4) is 0 Å². The van der Waals surface area contributed by atoms with E-state index in [1.807, 2.05) is 30.3 Å². The summed E-state index contributed by atoms with van der Waals surface area (Å²) < 4.78 is 4.90. The third kappa shape index (κ3) is 4.60. The van der Waals surface area contributed by atoms with Crippen molar-refractivity contribution in [2.24, 2.45) is 0 Å². The zero-order valence-corrected chi connectivity index (χ0v) is 15.2. The van der Waals surface area contributed by atoms with Crippen LogP contribution in [0, 0.1) is 6.92 Å². The standard InChI is InChI=1S/C18H18N4O3S/c1-11-7-16(22-25-11)21-18(24)12(2)26-10-17(23)20-14-8-13-5-3-4-6-15(13)19-9-14/h3-9,12H,10H2,1-2H3,(H,20,23)(H,21,22,24). The molecule has 0 saturated carbocycles. The van der Waals surface area contributed by atoms with Gasteiger partial charge in [-0.2, -0.15) is 0 Å². The number of benzene rings is 1. The molecule has 2 amide bonds. The lowest BCUT2D eigenvalue weighted by Gasteiger charge is -2.10. The Morgan fingerprint density at radius 3 is 2.81 bits per heavy atom. The summed E-state index contributed by atoms with van der Waals surface area (Å²) in [7, 11) is 0. The number of aryl methyl sites for hydroxylation is 1. The highest BCUT2D eigenvalue weighted by molar-refractivity contribution is 8.01. The zero-order chi connectivity index (χ0) is 18.5. The van der Waals surface area contributed by atoms with Crippen LogP contribution < -0.4 is 10.6 Å². The van der Waals surface area contributed by atoms with Crippen LogP contribution in [0.25, 0.3) is 10.9 Å². The number of anilines is 2. The first-order valence-electron chi connectivity index (χ1n) is 8.02. The summed E-state index contributed by atoms with van der Waals surface area (Å²) in [6, 6.07) is 11.2. The van der Waals surface area contributed by atoms with Crippen LogP contribution in [0.5, 0.6) is 0 Å². The molecule has 0 spiro atoms. The van der Waals surface area contributed by atoms with Gasteiger partial charge in [0.05, 0.1) is 28.4 Å². The van der Waals surface area contributed by atoms with Crippen LogP contribution >= 0.6 is 11.8 Å². The Morgan fingerprint density at radius 2 is 2.04 bits per heavy atom. The number of thioether (sulfide) groups is 1. The highest BCUT2D eigenvalue weighted by Gasteiger charge is 2.17. The Bertz CT molecular complexity index is 941. The van der Waals surface area contributed by atoms with Gasteiger partial charge in [-0.05, 0) is 26.0 Å². The molecule has 1 atom stereocenters. The lowest BCUT2D eigenvalue weighted by atomic mass is 10.2. The third-order valence-electron chi connectivity index (χ3n) is 3.59. The molecule has 2 N–H and O–H groups in total. The largest absolute Gasteiger partial charge is 0.360 e. The monoisotopic (exact) mass is 370 g/mol. The van der Waals surface area contributed by atoms with Gasteiger partial charge in [-0.1, -0.05) is 23.4 Å². The van der Waals surface area contributed by atoms with Gasteiger partial charge in [0.1, 0.15) is 5.76 Å². The van der Waals surface area contributed by atoms with Crippen molar-refractivity contribution in [2.75, 3.05) is 16.4 Å². The molecule has 8 heteroatoms. The summed E-state index contributed by atoms with van der Waals surface area (Å²) in [5.41, 5.74) is 1.50. The van der Waals surface area contributed by atoms with Gasteiger partial charge in [0.15, 0.2) is 5.82 Å². The van der Waals surface area contributed by atoms with E-state index in [1.165, 1.54) is 11.8 Å². The van der Waals surface area contributed by atoms with Crippen molar-refractivity contribution >= 4 is 46.0 Å². The summed E-state index contributed by atoms with van der Waals surface area (Å²) in [6.07, 6.45) is 1.62. The number of carbonyl (C=O) groups excluding carboxylic acids is 2. The van der Waals surface area contributed by atoms with E-state index >= 15 is 0 Å². The van der Waals surface area contributed by atoms with E-state index < -0.39 is 5.25 Å². The summed E-state index contributed by atoms with van der Waals surface area (Å²) in [5.74, 6) is 0.710. The molecule has 134 valence electrons. The van der Waals surface area contributed by atoms with Gasteiger partial charge in [-0.3, -0.25) is 14.6 Å². The molecule has 0 fully saturated rings. The number of amides is 2. The first-order valence-corrected chi connectivity index (χ1v) is 9.06. The second kappa shape index (κ2) is 8.01. The van der Waals surface area contributed by atoms with Crippen molar-refractivity contribution in [3.63, 3.8) is 0 Å². The molecule has 26 heavy (non-hydrogen) atoms. The van der Waals surface area contributed by atoms with Crippen LogP contribution in [0.3, 0.4) is 0 Å². The molecular formula is C18H18N4O3S. The lowest BCUT2D eigenvalue weighted by Crippen LogP contribution is -2.25. The number of rotatable bonds is 6. The first-order chi connectivity index (χ1) is 12.5. The number of fused-ring (bicyclic) bond motifs is 1. The topological polar surface area (TPSA) is 97.1 Å². The Kier molecular flexibility index (Phi) is 5.52. The number of hydrogen-bond donors (Lipinski definition) is 2. The SMILES string of the molecule is Cc1cc(NC(=O)C(C)SCC(=O)Nc2cnc3ccccc3c2)no1. The normalized spacial score (nSPS) is 11.9. The van der Waals surface area contributed by atoms with Crippen LogP contribution in [0.4, 0.5) is 11.5 Å². The fraction of sp³-hybridized carbons (Fsp3) is 0.222. The van der Waals surface area contributed by atoms with Gasteiger partial charge in [0.25, 0.3) is 0 Å². The molecule has 7 nitrogen and oxygen atoms in total. The van der Waals surface area contributed by atoms with Gasteiger partial charge < -0.3 is 15.2 Å². The molecule has 0 aliphatic carbocycles. The lowest BCUT2D eigenvalue weighted by molar-refractivity contribution is -0.115. The maximum Gasteiger partial charge on any atom is 0.238 e. The van der Waals surface area contributed by atoms with Crippen molar-refractivity contribution in [3.05, 3.63) is 48.4 Å². The Balaban J connectivity index is 1.50. The van der Waals surface area contributed by atoms with Crippen molar-refractivity contribution < 1.29 is 14.1 Å². The summed E-state index contributed by atoms with van der Waals surface area (Å²) in [5, 5.41) is 9.70. The fourth-order valence-corrected chi connectivity index (χ4v) is 2.95. The predicted molar refractivity (Wildman–Crippen MR) is 102 cm³/mol. The van der Waals surface area contributed by atoms with Gasteiger partial charge in [0, 0.05) is 11.5 Å². The van der Waals surface area contributed by atoms with Crippen LogP contribution in [-0.2, 0) is 9.59 Å². The van der Waals surface area contributed by atoms with Gasteiger partial charge in [0.2, 0.25) is 11.8 Å². The average Bonchev–Trinajstić information content (AvgIpc) is 3.04. The van der Waals surface area contributed by atoms with Crippen LogP contribution in [0.15, 0.2) is 47.1 Å². The second-order valence-corrected chi connectivity index (χ2v) is 7.06. The number of hydrogen-bond acceptors (Lipinski definition) is 6. The zero-order valence-electron chi connectivity index (χ0n) is 14.4. The molecule has 1 unspecified atom stereocenters. The smallest absolute Gasteiger partial charge is 0.238 e. The van der Waals surface area contributed by atoms with E-state index in [1.54, 1.807) is 26.1 Å². The van der Waals surface area contributed by atoms with Crippen molar-refractivity contribution in [2.45, 2.75) is 19.1 Å². The number of carbonyl (C=O) groups is 2. The number of para-hydroxylation sites is 1. The van der Waals surface area contributed by atoms with E-state index in [-0.39, 0.29) is 17.6 Å². The quantitative estimate of drug-likeness (QED) is 0.691. The van der Waals surface area contributed by atoms with E-state index in [0.717, 1.165) is 10.9 Å². The molecule has 2 aromatic heterocycles. The maximum atomic E-state index is 12.1. The average molecular weight is 370 g/mol. The number of pyridine rings is 1. The Morgan fingerprint density at radius 1 is 1.23 bits per heavy atom. The van der Waals surface area contributed by atoms with Gasteiger partial charge >= 0.3 is 0 Å². The van der Waals surface area contributed by atoms with Crippen LogP contribution in [-0.4, -0.2) is 33.0 Å². The molecule has 3 aromatic rings. The number of nitrogens with zero attached hydrogens (tertiary/aromatic N) is 2. The molecule has 0 radical (unpaired) electrons. The van der Waals surface area contributed by atoms with Crippen LogP contribution in [0.2, 0.25) is 0 Å². The highest BCUT2D eigenvalue weighted by Crippen LogP contribution is 2.18. The Hall–Kier alpha value is -2.87. The minimum Gasteiger partial charge on any atom is -0.360 e. The van der Waals surface area contributed by atoms with E-state index in [4.69, 9.17) is 4.52 Å². The predicted octanol–water partition coefficient (Wildman–Crippen LogP) is 3.23. The Labute approximate surface area is 154 Å². The van der Waals surface area contributed by atoms with E-state index in [2.05, 4.69) is 20.8 Å². The maximum absolute atomic E-state index is 12.1. The van der Waals surface area contributed by atoms with Crippen molar-refractivity contribution in [1.29, 1.82) is 0 Å². The molecule has 0 aliphatic rings. The summed E-state index contributed by atoms with van der Waals surface area (Å²) in [6.45, 7) is 3.48. The minimum absolute atomic E-state index is 0.152. The molecule has 0 bridgehead atoms. The first kappa shape index (κ1) is 17.9. The highest BCUT2D eigenvalue weighted by atomic mass is 32.2. The summed E-state index contributed by atoms with van der Waals surface area (Å²) in [4.78, 5) is 28.5. The number of aromatic nitrogens is 2. The molecule has 2 heterocycles. The second-order valence-electron chi connectivity index (χ2n) is 5.73. The molecule has 0 aliphatic heterocycles. The minimum atomic E-state index is -0.410. The fourth-order valence-electron chi connectivity index (χ4n) is 2.27. The van der Waals surface area contributed by atoms with Crippen LogP contribution in [0.1, 0.15) is 12.7 Å². The molecule has 0 saturated heterocycles. The van der Waals surface area contributed by atoms with Crippen molar-refractivity contribution in [1.82, 2.24) is 10.1 Å². The molecular weight excluding hydrogens is 352 g/mol. The third-order valence-corrected chi connectivity index (χ3v) is 4.73. The van der Waals surface area contributed by atoms with E-state index in [9.17, 15) is 9.59 Å². The number of nitrogens with one attached hydrogen (secondary N) is 2. The van der Waals surface area contributed by atoms with E-state index in [0.29, 0.717) is 17.3 Å². The van der Waals surface area contributed by atoms with Gasteiger partial charge in [-0.25, -0.2) is 0 Å². The van der Waals surface area contributed by atoms with Gasteiger partial charge in [-0.15, -0.1) is 11.8 Å². The molecule has 1 aromatic carbocycles. The summed E-state index contributed by atoms with van der Waals surface area (Å²) >= 11 is 1.24. The molecule has 3 rings (SSSR count).